The summed E-state index contributed by atoms with van der Waals surface area (Å²) in [5.41, 5.74) is 3.08. The fourth-order valence-electron chi connectivity index (χ4n) is 3.56. The van der Waals surface area contributed by atoms with Gasteiger partial charge < -0.3 is 15.0 Å². The van der Waals surface area contributed by atoms with Crippen molar-refractivity contribution in [2.24, 2.45) is 0 Å². The van der Waals surface area contributed by atoms with Gasteiger partial charge in [-0.1, -0.05) is 85.3 Å². The third kappa shape index (κ3) is 7.49. The van der Waals surface area contributed by atoms with Crippen LogP contribution in [0.3, 0.4) is 0 Å². The molecule has 0 radical (unpaired) electrons. The van der Waals surface area contributed by atoms with Crippen molar-refractivity contribution < 1.29 is 14.3 Å². The van der Waals surface area contributed by atoms with Gasteiger partial charge in [-0.15, -0.1) is 0 Å². The van der Waals surface area contributed by atoms with E-state index in [0.29, 0.717) is 25.3 Å². The summed E-state index contributed by atoms with van der Waals surface area (Å²) in [5, 5.41) is 2.98. The van der Waals surface area contributed by atoms with Gasteiger partial charge >= 0.3 is 0 Å². The van der Waals surface area contributed by atoms with E-state index >= 15 is 0 Å². The van der Waals surface area contributed by atoms with Crippen LogP contribution in [0, 0.1) is 6.92 Å². The first-order chi connectivity index (χ1) is 16.1. The molecule has 172 valence electrons. The van der Waals surface area contributed by atoms with E-state index in [1.807, 2.05) is 98.8 Å². The molecule has 5 heteroatoms. The normalized spacial score (nSPS) is 11.5. The molecule has 0 saturated carbocycles. The van der Waals surface area contributed by atoms with Gasteiger partial charge in [-0.2, -0.15) is 0 Å². The molecule has 0 bridgehead atoms. The summed E-state index contributed by atoms with van der Waals surface area (Å²) in [4.78, 5) is 28.3. The molecule has 3 aromatic rings. The minimum atomic E-state index is -0.645. The second-order valence-corrected chi connectivity index (χ2v) is 8.11. The lowest BCUT2D eigenvalue weighted by Gasteiger charge is -2.31. The highest BCUT2D eigenvalue weighted by Gasteiger charge is 2.30. The number of amides is 2. The molecule has 5 nitrogen and oxygen atoms in total. The molecule has 0 aliphatic heterocycles. The Kier molecular flexibility index (Phi) is 9.07. The third-order valence-electron chi connectivity index (χ3n) is 5.40. The minimum Gasteiger partial charge on any atom is -0.484 e. The zero-order valence-corrected chi connectivity index (χ0v) is 19.4. The van der Waals surface area contributed by atoms with Crippen molar-refractivity contribution in [2.75, 3.05) is 13.2 Å². The highest BCUT2D eigenvalue weighted by molar-refractivity contribution is 5.88. The van der Waals surface area contributed by atoms with Crippen molar-refractivity contribution in [1.29, 1.82) is 0 Å². The smallest absolute Gasteiger partial charge is 0.261 e. The molecule has 0 aliphatic rings. The minimum absolute atomic E-state index is 0.137. The molecule has 1 atom stereocenters. The Bertz CT molecular complexity index is 1000. The zero-order valence-electron chi connectivity index (χ0n) is 19.4. The quantitative estimate of drug-likeness (QED) is 0.472. The Morgan fingerprint density at radius 2 is 1.48 bits per heavy atom. The maximum Gasteiger partial charge on any atom is 0.261 e. The van der Waals surface area contributed by atoms with Gasteiger partial charge in [-0.05, 0) is 36.6 Å². The Morgan fingerprint density at radius 1 is 0.879 bits per heavy atom. The largest absolute Gasteiger partial charge is 0.484 e. The molecule has 33 heavy (non-hydrogen) atoms. The maximum atomic E-state index is 13.4. The van der Waals surface area contributed by atoms with Crippen LogP contribution in [-0.2, 0) is 22.6 Å². The van der Waals surface area contributed by atoms with Crippen molar-refractivity contribution in [3.8, 4) is 5.75 Å². The van der Waals surface area contributed by atoms with Crippen LogP contribution >= 0.6 is 0 Å². The van der Waals surface area contributed by atoms with E-state index in [-0.39, 0.29) is 18.4 Å². The van der Waals surface area contributed by atoms with Crippen molar-refractivity contribution >= 4 is 11.8 Å². The predicted molar refractivity (Wildman–Crippen MR) is 131 cm³/mol. The van der Waals surface area contributed by atoms with Crippen LogP contribution < -0.4 is 10.1 Å². The average molecular weight is 445 g/mol. The fourth-order valence-corrected chi connectivity index (χ4v) is 3.56. The first kappa shape index (κ1) is 24.1. The number of ether oxygens (including phenoxy) is 1. The number of nitrogens with one attached hydrogen (secondary N) is 1. The van der Waals surface area contributed by atoms with Gasteiger partial charge in [0.15, 0.2) is 6.61 Å². The van der Waals surface area contributed by atoms with Crippen molar-refractivity contribution in [3.63, 3.8) is 0 Å². The van der Waals surface area contributed by atoms with E-state index in [2.05, 4.69) is 5.32 Å². The van der Waals surface area contributed by atoms with Crippen molar-refractivity contribution in [3.05, 3.63) is 102 Å². The van der Waals surface area contributed by atoms with Gasteiger partial charge in [0.05, 0.1) is 0 Å². The third-order valence-corrected chi connectivity index (χ3v) is 5.40. The molecule has 0 aromatic heterocycles. The topological polar surface area (TPSA) is 58.6 Å². The van der Waals surface area contributed by atoms with Crippen LogP contribution in [0.15, 0.2) is 84.9 Å². The molecule has 0 fully saturated rings. The molecular formula is C28H32N2O3. The van der Waals surface area contributed by atoms with Gasteiger partial charge in [-0.3, -0.25) is 9.59 Å². The summed E-state index contributed by atoms with van der Waals surface area (Å²) < 4.78 is 5.78. The highest BCUT2D eigenvalue weighted by Crippen LogP contribution is 2.16. The summed E-state index contributed by atoms with van der Waals surface area (Å²) in [5.74, 6) is 0.246. The van der Waals surface area contributed by atoms with Gasteiger partial charge in [0.25, 0.3) is 5.91 Å². The predicted octanol–water partition coefficient (Wildman–Crippen LogP) is 4.54. The summed E-state index contributed by atoms with van der Waals surface area (Å²) in [7, 11) is 0. The van der Waals surface area contributed by atoms with E-state index in [9.17, 15) is 9.59 Å². The number of rotatable bonds is 11. The lowest BCUT2D eigenvalue weighted by Crippen LogP contribution is -2.51. The number of hydrogen-bond donors (Lipinski definition) is 1. The standard InChI is InChI=1S/C28H32N2O3/c1-3-18-29-28(32)26(19-23-10-6-4-7-11-23)30(20-24-12-8-5-9-13-24)27(31)21-33-25-16-14-22(2)15-17-25/h4-17,26H,3,18-21H2,1-2H3,(H,29,32)/t26-/m0/s1. The number of aryl methyl sites for hydroxylation is 1. The summed E-state index contributed by atoms with van der Waals surface area (Å²) in [6.45, 7) is 4.77. The molecule has 1 N–H and O–H groups in total. The number of benzene rings is 3. The second-order valence-electron chi connectivity index (χ2n) is 8.11. The lowest BCUT2D eigenvalue weighted by atomic mass is 10.0. The maximum absolute atomic E-state index is 13.4. The van der Waals surface area contributed by atoms with Crippen molar-refractivity contribution in [2.45, 2.75) is 39.3 Å². The molecule has 0 saturated heterocycles. The first-order valence-electron chi connectivity index (χ1n) is 11.4. The van der Waals surface area contributed by atoms with Crippen LogP contribution in [0.2, 0.25) is 0 Å². The Labute approximate surface area is 196 Å². The molecule has 0 aliphatic carbocycles. The average Bonchev–Trinajstić information content (AvgIpc) is 2.85. The Balaban J connectivity index is 1.85. The molecule has 3 rings (SSSR count). The zero-order chi connectivity index (χ0) is 23.5. The molecule has 3 aromatic carbocycles. The van der Waals surface area contributed by atoms with Crippen LogP contribution in [0.5, 0.6) is 5.75 Å². The van der Waals surface area contributed by atoms with Crippen LogP contribution in [0.25, 0.3) is 0 Å². The summed E-state index contributed by atoms with van der Waals surface area (Å²) in [6.07, 6.45) is 1.26. The highest BCUT2D eigenvalue weighted by atomic mass is 16.5. The number of nitrogens with zero attached hydrogens (tertiary/aromatic N) is 1. The summed E-state index contributed by atoms with van der Waals surface area (Å²) >= 11 is 0. The monoisotopic (exact) mass is 444 g/mol. The molecule has 0 spiro atoms. The van der Waals surface area contributed by atoms with Gasteiger partial charge in [-0.25, -0.2) is 0 Å². The SMILES string of the molecule is CCCNC(=O)[C@H](Cc1ccccc1)N(Cc1ccccc1)C(=O)COc1ccc(C)cc1. The fraction of sp³-hybridized carbons (Fsp3) is 0.286. The molecular weight excluding hydrogens is 412 g/mol. The van der Waals surface area contributed by atoms with E-state index in [1.165, 1.54) is 0 Å². The van der Waals surface area contributed by atoms with Crippen molar-refractivity contribution in [1.82, 2.24) is 10.2 Å². The van der Waals surface area contributed by atoms with Crippen LogP contribution in [-0.4, -0.2) is 35.9 Å². The second kappa shape index (κ2) is 12.4. The van der Waals surface area contributed by atoms with Crippen LogP contribution in [0.1, 0.15) is 30.0 Å². The Hall–Kier alpha value is -3.60. The van der Waals surface area contributed by atoms with E-state index in [0.717, 1.165) is 23.1 Å². The molecule has 2 amide bonds. The number of carbonyl (C=O) groups excluding carboxylic acids is 2. The van der Waals surface area contributed by atoms with E-state index in [1.54, 1.807) is 4.90 Å². The molecule has 0 unspecified atom stereocenters. The van der Waals surface area contributed by atoms with E-state index < -0.39 is 6.04 Å². The lowest BCUT2D eigenvalue weighted by molar-refractivity contribution is -0.142. The van der Waals surface area contributed by atoms with Gasteiger partial charge in [0, 0.05) is 19.5 Å². The van der Waals surface area contributed by atoms with E-state index in [4.69, 9.17) is 4.74 Å². The number of hydrogen-bond acceptors (Lipinski definition) is 3. The van der Waals surface area contributed by atoms with Gasteiger partial charge in [0.1, 0.15) is 11.8 Å². The Morgan fingerprint density at radius 3 is 2.09 bits per heavy atom. The van der Waals surface area contributed by atoms with Crippen LogP contribution in [0.4, 0.5) is 0 Å². The number of carbonyl (C=O) groups is 2. The van der Waals surface area contributed by atoms with Gasteiger partial charge in [0.2, 0.25) is 5.91 Å². The first-order valence-corrected chi connectivity index (χ1v) is 11.4. The summed E-state index contributed by atoms with van der Waals surface area (Å²) in [6, 6.07) is 26.5. The molecule has 0 heterocycles.